The third-order valence-corrected chi connectivity index (χ3v) is 5.23. The molecule has 1 heterocycles. The van der Waals surface area contributed by atoms with Gasteiger partial charge in [-0.2, -0.15) is 0 Å². The maximum Gasteiger partial charge on any atom is 0.251 e. The van der Waals surface area contributed by atoms with E-state index in [0.717, 1.165) is 11.1 Å². The quantitative estimate of drug-likeness (QED) is 0.384. The first-order valence-corrected chi connectivity index (χ1v) is 10.4. The van der Waals surface area contributed by atoms with Gasteiger partial charge in [0.05, 0.1) is 19.5 Å². The van der Waals surface area contributed by atoms with Gasteiger partial charge in [-0.3, -0.25) is 4.79 Å². The van der Waals surface area contributed by atoms with E-state index in [2.05, 4.69) is 10.3 Å². The number of halogens is 2. The van der Waals surface area contributed by atoms with Gasteiger partial charge in [-0.25, -0.2) is 9.37 Å². The predicted molar refractivity (Wildman–Crippen MR) is 123 cm³/mol. The lowest BCUT2D eigenvalue weighted by atomic mass is 10.1. The molecule has 0 saturated heterocycles. The van der Waals surface area contributed by atoms with Crippen LogP contribution in [0.1, 0.15) is 11.1 Å². The lowest BCUT2D eigenvalue weighted by Crippen LogP contribution is -2.21. The van der Waals surface area contributed by atoms with Gasteiger partial charge in [0.25, 0.3) is 5.91 Å². The molecule has 1 aromatic heterocycles. The van der Waals surface area contributed by atoms with Gasteiger partial charge in [0.1, 0.15) is 23.9 Å². The van der Waals surface area contributed by atoms with Crippen molar-refractivity contribution in [2.75, 3.05) is 11.9 Å². The number of rotatable bonds is 8. The summed E-state index contributed by atoms with van der Waals surface area (Å²) in [5, 5.41) is 3.49. The van der Waals surface area contributed by atoms with Crippen LogP contribution >= 0.6 is 11.6 Å². The summed E-state index contributed by atoms with van der Waals surface area (Å²) in [7, 11) is 0. The molecule has 0 radical (unpaired) electrons. The average Bonchev–Trinajstić information content (AvgIpc) is 3.18. The third-order valence-electron chi connectivity index (χ3n) is 4.86. The average molecular weight is 450 g/mol. The van der Waals surface area contributed by atoms with E-state index < -0.39 is 0 Å². The summed E-state index contributed by atoms with van der Waals surface area (Å²) in [5.74, 6) is -0.141. The van der Waals surface area contributed by atoms with E-state index in [9.17, 15) is 9.18 Å². The molecule has 1 N–H and O–H groups in total. The highest BCUT2D eigenvalue weighted by molar-refractivity contribution is 6.31. The van der Waals surface area contributed by atoms with Gasteiger partial charge in [-0.15, -0.1) is 0 Å². The molecule has 0 aliphatic carbocycles. The van der Waals surface area contributed by atoms with Crippen LogP contribution in [-0.2, 0) is 22.7 Å². The molecule has 0 fully saturated rings. The van der Waals surface area contributed by atoms with Crippen molar-refractivity contribution in [2.45, 2.75) is 13.2 Å². The number of anilines is 1. The Hall–Kier alpha value is -3.48. The Bertz CT molecular complexity index is 1190. The second kappa shape index (κ2) is 10.2. The van der Waals surface area contributed by atoms with Crippen LogP contribution in [0.15, 0.2) is 85.2 Å². The first-order chi connectivity index (χ1) is 15.6. The van der Waals surface area contributed by atoms with Crippen molar-refractivity contribution < 1.29 is 13.9 Å². The number of ether oxygens (including phenoxy) is 1. The number of imidazole rings is 1. The maximum atomic E-state index is 13.4. The van der Waals surface area contributed by atoms with Crippen LogP contribution < -0.4 is 5.32 Å². The number of benzene rings is 3. The molecule has 3 aromatic carbocycles. The van der Waals surface area contributed by atoms with Crippen molar-refractivity contribution in [1.82, 2.24) is 9.55 Å². The van der Waals surface area contributed by atoms with Gasteiger partial charge < -0.3 is 14.6 Å². The number of hydrogen-bond donors (Lipinski definition) is 1. The fraction of sp³-hybridized carbons (Fsp3) is 0.120. The minimum Gasteiger partial charge on any atom is -0.367 e. The van der Waals surface area contributed by atoms with Crippen molar-refractivity contribution in [2.24, 2.45) is 0 Å². The lowest BCUT2D eigenvalue weighted by molar-refractivity contribution is -0.121. The summed E-state index contributed by atoms with van der Waals surface area (Å²) in [6, 6.07) is 23.2. The lowest BCUT2D eigenvalue weighted by Gasteiger charge is -2.12. The summed E-state index contributed by atoms with van der Waals surface area (Å²) < 4.78 is 20.8. The maximum absolute atomic E-state index is 13.4. The third kappa shape index (κ3) is 5.41. The van der Waals surface area contributed by atoms with E-state index in [-0.39, 0.29) is 24.9 Å². The number of hydrogen-bond acceptors (Lipinski definition) is 3. The first kappa shape index (κ1) is 21.7. The summed E-state index contributed by atoms with van der Waals surface area (Å²) in [6.45, 7) is 0.594. The van der Waals surface area contributed by atoms with Crippen LogP contribution in [-0.4, -0.2) is 22.1 Å². The molecule has 5 nitrogen and oxygen atoms in total. The Morgan fingerprint density at radius 3 is 2.47 bits per heavy atom. The van der Waals surface area contributed by atoms with Gasteiger partial charge in [0.15, 0.2) is 0 Å². The molecule has 0 unspecified atom stereocenters. The summed E-state index contributed by atoms with van der Waals surface area (Å²) >= 11 is 6.13. The smallest absolute Gasteiger partial charge is 0.251 e. The Labute approximate surface area is 190 Å². The fourth-order valence-corrected chi connectivity index (χ4v) is 3.46. The summed E-state index contributed by atoms with van der Waals surface area (Å²) in [5.41, 5.74) is 3.12. The van der Waals surface area contributed by atoms with Gasteiger partial charge in [-0.05, 0) is 41.5 Å². The second-order valence-corrected chi connectivity index (χ2v) is 7.60. The highest BCUT2D eigenvalue weighted by Gasteiger charge is 2.16. The van der Waals surface area contributed by atoms with E-state index in [1.807, 2.05) is 53.1 Å². The van der Waals surface area contributed by atoms with Crippen molar-refractivity contribution in [1.29, 1.82) is 0 Å². The Morgan fingerprint density at radius 2 is 1.72 bits per heavy atom. The number of aromatic nitrogens is 2. The monoisotopic (exact) mass is 449 g/mol. The van der Waals surface area contributed by atoms with Gasteiger partial charge >= 0.3 is 0 Å². The zero-order valence-electron chi connectivity index (χ0n) is 17.2. The Kier molecular flexibility index (Phi) is 6.94. The highest BCUT2D eigenvalue weighted by Crippen LogP contribution is 2.28. The summed E-state index contributed by atoms with van der Waals surface area (Å²) in [4.78, 5) is 17.1. The molecule has 32 heavy (non-hydrogen) atoms. The first-order valence-electron chi connectivity index (χ1n) is 10.1. The molecule has 0 aliphatic heterocycles. The summed E-state index contributed by atoms with van der Waals surface area (Å²) in [6.07, 6.45) is 1.66. The molecule has 0 saturated carbocycles. The standard InChI is InChI=1S/C25H21ClFN3O2/c26-22-9-5-4-8-20(22)15-32-16-23(31)29-25-24(19-10-12-21(27)13-11-19)28-17-30(25)14-18-6-2-1-3-7-18/h1-13,17H,14-16H2,(H,29,31). The van der Waals surface area contributed by atoms with Crippen molar-refractivity contribution >= 4 is 23.3 Å². The van der Waals surface area contributed by atoms with E-state index >= 15 is 0 Å². The van der Waals surface area contributed by atoms with Crippen LogP contribution in [0.5, 0.6) is 0 Å². The van der Waals surface area contributed by atoms with Crippen LogP contribution in [0.4, 0.5) is 10.2 Å². The Balaban J connectivity index is 1.51. The number of nitrogens with one attached hydrogen (secondary N) is 1. The van der Waals surface area contributed by atoms with Gasteiger partial charge in [0.2, 0.25) is 0 Å². The van der Waals surface area contributed by atoms with Crippen molar-refractivity contribution in [3.8, 4) is 11.3 Å². The normalized spacial score (nSPS) is 10.8. The van der Waals surface area contributed by atoms with E-state index in [1.165, 1.54) is 12.1 Å². The van der Waals surface area contributed by atoms with Crippen LogP contribution in [0.3, 0.4) is 0 Å². The van der Waals surface area contributed by atoms with Crippen LogP contribution in [0, 0.1) is 5.82 Å². The number of nitrogens with zero attached hydrogens (tertiary/aromatic N) is 2. The zero-order valence-corrected chi connectivity index (χ0v) is 17.9. The molecule has 0 bridgehead atoms. The molecular formula is C25H21ClFN3O2. The minimum atomic E-state index is -0.337. The number of carbonyl (C=O) groups is 1. The topological polar surface area (TPSA) is 56.1 Å². The number of carbonyl (C=O) groups excluding carboxylic acids is 1. The molecule has 1 amide bonds. The predicted octanol–water partition coefficient (Wildman–Crippen LogP) is 5.55. The van der Waals surface area contributed by atoms with Crippen molar-refractivity contribution in [3.63, 3.8) is 0 Å². The molecule has 7 heteroatoms. The van der Waals surface area contributed by atoms with E-state index in [4.69, 9.17) is 16.3 Å². The van der Waals surface area contributed by atoms with Crippen LogP contribution in [0.2, 0.25) is 5.02 Å². The van der Waals surface area contributed by atoms with Crippen molar-refractivity contribution in [3.05, 3.63) is 107 Å². The molecule has 0 spiro atoms. The molecule has 162 valence electrons. The molecule has 4 aromatic rings. The molecule has 0 aliphatic rings. The molecular weight excluding hydrogens is 429 g/mol. The van der Waals surface area contributed by atoms with E-state index in [0.29, 0.717) is 28.6 Å². The van der Waals surface area contributed by atoms with Crippen LogP contribution in [0.25, 0.3) is 11.3 Å². The molecule has 4 rings (SSSR count). The molecule has 0 atom stereocenters. The SMILES string of the molecule is O=C(COCc1ccccc1Cl)Nc1c(-c2ccc(F)cc2)ncn1Cc1ccccc1. The largest absolute Gasteiger partial charge is 0.367 e. The number of amides is 1. The van der Waals surface area contributed by atoms with Gasteiger partial charge in [-0.1, -0.05) is 60.1 Å². The second-order valence-electron chi connectivity index (χ2n) is 7.19. The Morgan fingerprint density at radius 1 is 1.00 bits per heavy atom. The minimum absolute atomic E-state index is 0.148. The van der Waals surface area contributed by atoms with E-state index in [1.54, 1.807) is 24.5 Å². The van der Waals surface area contributed by atoms with Gasteiger partial charge in [0, 0.05) is 10.6 Å². The fourth-order valence-electron chi connectivity index (χ4n) is 3.27. The highest BCUT2D eigenvalue weighted by atomic mass is 35.5. The zero-order chi connectivity index (χ0) is 22.3.